The molecule has 0 spiro atoms. The summed E-state index contributed by atoms with van der Waals surface area (Å²) in [5.74, 6) is 0.240. The molecule has 18 heavy (non-hydrogen) atoms. The van der Waals surface area contributed by atoms with Gasteiger partial charge in [0, 0.05) is 23.6 Å². The Balaban J connectivity index is 2.30. The summed E-state index contributed by atoms with van der Waals surface area (Å²) in [5.41, 5.74) is 1.13. The Hall–Kier alpha value is -0.460. The highest BCUT2D eigenvalue weighted by Crippen LogP contribution is 2.25. The summed E-state index contributed by atoms with van der Waals surface area (Å²) < 4.78 is 21.9. The minimum absolute atomic E-state index is 0.0964. The lowest BCUT2D eigenvalue weighted by atomic mass is 9.98. The van der Waals surface area contributed by atoms with Gasteiger partial charge in [-0.05, 0) is 13.0 Å². The van der Waals surface area contributed by atoms with Gasteiger partial charge in [0.1, 0.15) is 9.84 Å². The summed E-state index contributed by atoms with van der Waals surface area (Å²) in [5, 5.41) is 6.41. The SMILES string of the molecule is CC(C)(C)c1nc(CNCCCS(C)(=O)=O)cs1. The van der Waals surface area contributed by atoms with Crippen LogP contribution in [0.4, 0.5) is 0 Å². The minimum Gasteiger partial charge on any atom is -0.311 e. The number of thiazole rings is 1. The molecule has 0 saturated heterocycles. The zero-order chi connectivity index (χ0) is 13.8. The summed E-state index contributed by atoms with van der Waals surface area (Å²) in [6, 6.07) is 0. The summed E-state index contributed by atoms with van der Waals surface area (Å²) in [6.45, 7) is 7.85. The molecule has 0 aliphatic carbocycles. The normalized spacial score (nSPS) is 12.9. The molecule has 1 aromatic rings. The van der Waals surface area contributed by atoms with Gasteiger partial charge in [-0.15, -0.1) is 11.3 Å². The van der Waals surface area contributed by atoms with E-state index in [1.165, 1.54) is 6.26 Å². The van der Waals surface area contributed by atoms with E-state index >= 15 is 0 Å². The Kier molecular flexibility index (Phi) is 5.31. The van der Waals surface area contributed by atoms with Crippen LogP contribution in [0, 0.1) is 0 Å². The Bertz CT molecular complexity index is 473. The molecule has 1 rings (SSSR count). The number of sulfone groups is 1. The van der Waals surface area contributed by atoms with E-state index in [9.17, 15) is 8.42 Å². The lowest BCUT2D eigenvalue weighted by Gasteiger charge is -2.13. The van der Waals surface area contributed by atoms with Crippen molar-refractivity contribution in [2.45, 2.75) is 39.2 Å². The maximum atomic E-state index is 10.9. The van der Waals surface area contributed by atoms with Crippen LogP contribution < -0.4 is 5.32 Å². The molecule has 0 unspecified atom stereocenters. The fraction of sp³-hybridized carbons (Fsp3) is 0.750. The standard InChI is InChI=1S/C12H22N2O2S2/c1-12(2,3)11-14-10(9-17-11)8-13-6-5-7-18(4,15)16/h9,13H,5-8H2,1-4H3. The molecule has 104 valence electrons. The average molecular weight is 290 g/mol. The van der Waals surface area contributed by atoms with E-state index in [0.717, 1.165) is 10.7 Å². The van der Waals surface area contributed by atoms with Gasteiger partial charge in [0.05, 0.1) is 16.5 Å². The lowest BCUT2D eigenvalue weighted by molar-refractivity contribution is 0.577. The Morgan fingerprint density at radius 3 is 2.56 bits per heavy atom. The molecular formula is C12H22N2O2S2. The molecule has 0 fully saturated rings. The third-order valence-corrected chi connectivity index (χ3v) is 4.72. The quantitative estimate of drug-likeness (QED) is 0.814. The molecule has 1 heterocycles. The molecule has 0 radical (unpaired) electrons. The Labute approximate surface area is 114 Å². The molecule has 0 aromatic carbocycles. The van der Waals surface area contributed by atoms with Gasteiger partial charge in [-0.25, -0.2) is 13.4 Å². The second kappa shape index (κ2) is 6.12. The van der Waals surface area contributed by atoms with Crippen molar-refractivity contribution in [2.75, 3.05) is 18.6 Å². The second-order valence-corrected chi connectivity index (χ2v) is 8.67. The van der Waals surface area contributed by atoms with Gasteiger partial charge in [-0.2, -0.15) is 0 Å². The van der Waals surface area contributed by atoms with Crippen LogP contribution >= 0.6 is 11.3 Å². The molecule has 0 atom stereocenters. The van der Waals surface area contributed by atoms with Crippen LogP contribution in [0.15, 0.2) is 5.38 Å². The molecular weight excluding hydrogens is 268 g/mol. The number of hydrogen-bond acceptors (Lipinski definition) is 5. The number of rotatable bonds is 6. The molecule has 0 bridgehead atoms. The number of hydrogen-bond donors (Lipinski definition) is 1. The highest BCUT2D eigenvalue weighted by atomic mass is 32.2. The van der Waals surface area contributed by atoms with E-state index in [0.29, 0.717) is 19.5 Å². The molecule has 4 nitrogen and oxygen atoms in total. The lowest BCUT2D eigenvalue weighted by Crippen LogP contribution is -2.18. The van der Waals surface area contributed by atoms with E-state index in [4.69, 9.17) is 0 Å². The third kappa shape index (κ3) is 5.93. The van der Waals surface area contributed by atoms with Gasteiger partial charge < -0.3 is 5.32 Å². The van der Waals surface area contributed by atoms with Crippen molar-refractivity contribution in [3.63, 3.8) is 0 Å². The van der Waals surface area contributed by atoms with E-state index in [2.05, 4.69) is 36.5 Å². The van der Waals surface area contributed by atoms with E-state index in [1.54, 1.807) is 11.3 Å². The largest absolute Gasteiger partial charge is 0.311 e. The predicted molar refractivity (Wildman–Crippen MR) is 76.8 cm³/mol. The van der Waals surface area contributed by atoms with Gasteiger partial charge in [-0.1, -0.05) is 20.8 Å². The fourth-order valence-electron chi connectivity index (χ4n) is 1.41. The molecule has 1 N–H and O–H groups in total. The summed E-state index contributed by atoms with van der Waals surface area (Å²) in [4.78, 5) is 4.57. The minimum atomic E-state index is -2.84. The molecule has 0 aliphatic heterocycles. The van der Waals surface area contributed by atoms with Crippen LogP contribution in [0.5, 0.6) is 0 Å². The first-order chi connectivity index (χ1) is 8.18. The Morgan fingerprint density at radius 1 is 1.39 bits per heavy atom. The average Bonchev–Trinajstić information content (AvgIpc) is 2.63. The van der Waals surface area contributed by atoms with Crippen LogP contribution in [0.25, 0.3) is 0 Å². The van der Waals surface area contributed by atoms with Crippen LogP contribution in [0.1, 0.15) is 37.9 Å². The molecule has 6 heteroatoms. The highest BCUT2D eigenvalue weighted by molar-refractivity contribution is 7.90. The molecule has 0 saturated carbocycles. The van der Waals surface area contributed by atoms with Gasteiger partial charge in [0.2, 0.25) is 0 Å². The zero-order valence-corrected chi connectivity index (χ0v) is 13.1. The van der Waals surface area contributed by atoms with E-state index < -0.39 is 9.84 Å². The summed E-state index contributed by atoms with van der Waals surface area (Å²) >= 11 is 1.68. The number of nitrogens with zero attached hydrogens (tertiary/aromatic N) is 1. The summed E-state index contributed by atoms with van der Waals surface area (Å²) in [7, 11) is -2.84. The first-order valence-electron chi connectivity index (χ1n) is 6.02. The van der Waals surface area contributed by atoms with Crippen LogP contribution in [-0.4, -0.2) is 32.0 Å². The van der Waals surface area contributed by atoms with Crippen LogP contribution in [0.3, 0.4) is 0 Å². The van der Waals surface area contributed by atoms with Crippen LogP contribution in [-0.2, 0) is 21.8 Å². The van der Waals surface area contributed by atoms with Crippen molar-refractivity contribution in [3.8, 4) is 0 Å². The predicted octanol–water partition coefficient (Wildman–Crippen LogP) is 1.96. The number of aromatic nitrogens is 1. The first kappa shape index (κ1) is 15.6. The van der Waals surface area contributed by atoms with Crippen molar-refractivity contribution in [1.82, 2.24) is 10.3 Å². The monoisotopic (exact) mass is 290 g/mol. The number of nitrogens with one attached hydrogen (secondary N) is 1. The molecule has 0 aliphatic rings. The van der Waals surface area contributed by atoms with Crippen molar-refractivity contribution in [3.05, 3.63) is 16.1 Å². The summed E-state index contributed by atoms with van der Waals surface area (Å²) in [6.07, 6.45) is 1.91. The van der Waals surface area contributed by atoms with Gasteiger partial charge >= 0.3 is 0 Å². The smallest absolute Gasteiger partial charge is 0.147 e. The Morgan fingerprint density at radius 2 is 2.06 bits per heavy atom. The maximum absolute atomic E-state index is 10.9. The fourth-order valence-corrected chi connectivity index (χ4v) is 2.98. The van der Waals surface area contributed by atoms with E-state index in [1.807, 2.05) is 0 Å². The van der Waals surface area contributed by atoms with Gasteiger partial charge in [0.25, 0.3) is 0 Å². The first-order valence-corrected chi connectivity index (χ1v) is 8.96. The van der Waals surface area contributed by atoms with Gasteiger partial charge in [0.15, 0.2) is 0 Å². The second-order valence-electron chi connectivity index (χ2n) is 5.55. The maximum Gasteiger partial charge on any atom is 0.147 e. The third-order valence-electron chi connectivity index (χ3n) is 2.37. The topological polar surface area (TPSA) is 59.1 Å². The molecule has 1 aromatic heterocycles. The molecule has 0 amide bonds. The highest BCUT2D eigenvalue weighted by Gasteiger charge is 2.17. The zero-order valence-electron chi connectivity index (χ0n) is 11.5. The van der Waals surface area contributed by atoms with Crippen molar-refractivity contribution in [2.24, 2.45) is 0 Å². The van der Waals surface area contributed by atoms with Crippen molar-refractivity contribution >= 4 is 21.2 Å². The van der Waals surface area contributed by atoms with Crippen molar-refractivity contribution < 1.29 is 8.42 Å². The van der Waals surface area contributed by atoms with Crippen molar-refractivity contribution in [1.29, 1.82) is 0 Å². The van der Waals surface area contributed by atoms with Crippen LogP contribution in [0.2, 0.25) is 0 Å². The van der Waals surface area contributed by atoms with E-state index in [-0.39, 0.29) is 11.2 Å². The van der Waals surface area contributed by atoms with Gasteiger partial charge in [-0.3, -0.25) is 0 Å².